The quantitative estimate of drug-likeness (QED) is 0.863. The first kappa shape index (κ1) is 14.4. The summed E-state index contributed by atoms with van der Waals surface area (Å²) in [4.78, 5) is 2.15. The van der Waals surface area contributed by atoms with E-state index in [1.807, 2.05) is 0 Å². The summed E-state index contributed by atoms with van der Waals surface area (Å²) < 4.78 is 0. The molecular weight excluding hydrogens is 280 g/mol. The highest BCUT2D eigenvalue weighted by atomic mass is 35.5. The molecule has 0 unspecified atom stereocenters. The molecule has 0 bridgehead atoms. The molecule has 0 aliphatic heterocycles. The number of nitrogens with zero attached hydrogens (tertiary/aromatic N) is 1. The highest BCUT2D eigenvalue weighted by Gasteiger charge is 2.20. The molecule has 3 heteroatoms. The maximum atomic E-state index is 6.49. The van der Waals surface area contributed by atoms with Gasteiger partial charge in [0.1, 0.15) is 0 Å². The van der Waals surface area contributed by atoms with Crippen LogP contribution in [0.3, 0.4) is 0 Å². The Morgan fingerprint density at radius 2 is 1.90 bits per heavy atom. The third kappa shape index (κ3) is 3.39. The summed E-state index contributed by atoms with van der Waals surface area (Å²) in [6, 6.07) is 15.4. The predicted molar refractivity (Wildman–Crippen MR) is 90.6 cm³/mol. The first-order chi connectivity index (χ1) is 10.1. The van der Waals surface area contributed by atoms with E-state index in [-0.39, 0.29) is 0 Å². The number of benzene rings is 2. The summed E-state index contributed by atoms with van der Waals surface area (Å²) in [7, 11) is 2.06. The molecule has 1 fully saturated rings. The van der Waals surface area contributed by atoms with Crippen molar-refractivity contribution in [3.63, 3.8) is 0 Å². The van der Waals surface area contributed by atoms with E-state index in [0.717, 1.165) is 23.3 Å². The summed E-state index contributed by atoms with van der Waals surface area (Å²) in [5.41, 5.74) is 4.72. The second kappa shape index (κ2) is 6.08. The van der Waals surface area contributed by atoms with Gasteiger partial charge >= 0.3 is 0 Å². The van der Waals surface area contributed by atoms with E-state index in [1.165, 1.54) is 29.7 Å². The van der Waals surface area contributed by atoms with Crippen LogP contribution >= 0.6 is 11.6 Å². The maximum absolute atomic E-state index is 6.49. The molecule has 2 aromatic carbocycles. The molecule has 1 aliphatic rings. The molecule has 2 nitrogen and oxygen atoms in total. The SMILES string of the molecule is Cc1ccccc1N(C)c1ccc(CNC2CC2)cc1Cl. The summed E-state index contributed by atoms with van der Waals surface area (Å²) in [6.45, 7) is 3.02. The Morgan fingerprint density at radius 3 is 2.57 bits per heavy atom. The van der Waals surface area contributed by atoms with Crippen molar-refractivity contribution in [1.82, 2.24) is 5.32 Å². The van der Waals surface area contributed by atoms with Crippen LogP contribution < -0.4 is 10.2 Å². The lowest BCUT2D eigenvalue weighted by Gasteiger charge is -2.23. The minimum Gasteiger partial charge on any atom is -0.343 e. The zero-order valence-corrected chi connectivity index (χ0v) is 13.3. The lowest BCUT2D eigenvalue weighted by molar-refractivity contribution is 0.688. The Bertz CT molecular complexity index is 635. The fraction of sp³-hybridized carbons (Fsp3) is 0.333. The van der Waals surface area contributed by atoms with Crippen molar-refractivity contribution in [2.45, 2.75) is 32.4 Å². The van der Waals surface area contributed by atoms with Gasteiger partial charge in [-0.25, -0.2) is 0 Å². The number of para-hydroxylation sites is 1. The molecule has 0 radical (unpaired) electrons. The minimum absolute atomic E-state index is 0.720. The van der Waals surface area contributed by atoms with Crippen LogP contribution in [0, 0.1) is 6.92 Å². The van der Waals surface area contributed by atoms with E-state index in [1.54, 1.807) is 0 Å². The normalized spacial score (nSPS) is 14.2. The lowest BCUT2D eigenvalue weighted by Crippen LogP contribution is -2.16. The molecule has 110 valence electrons. The second-order valence-electron chi connectivity index (χ2n) is 5.79. The summed E-state index contributed by atoms with van der Waals surface area (Å²) in [6.07, 6.45) is 2.61. The van der Waals surface area contributed by atoms with E-state index in [0.29, 0.717) is 0 Å². The molecule has 1 aliphatic carbocycles. The largest absolute Gasteiger partial charge is 0.343 e. The van der Waals surface area contributed by atoms with Crippen LogP contribution in [0.5, 0.6) is 0 Å². The Kier molecular flexibility index (Phi) is 4.18. The molecule has 0 saturated heterocycles. The van der Waals surface area contributed by atoms with Crippen LogP contribution in [0.25, 0.3) is 0 Å². The number of hydrogen-bond donors (Lipinski definition) is 1. The second-order valence-corrected chi connectivity index (χ2v) is 6.19. The first-order valence-electron chi connectivity index (χ1n) is 7.46. The molecule has 3 rings (SSSR count). The molecule has 0 heterocycles. The van der Waals surface area contributed by atoms with E-state index in [2.05, 4.69) is 66.7 Å². The third-order valence-electron chi connectivity index (χ3n) is 4.02. The molecule has 0 atom stereocenters. The van der Waals surface area contributed by atoms with Crippen LogP contribution in [0.4, 0.5) is 11.4 Å². The fourth-order valence-corrected chi connectivity index (χ4v) is 2.88. The Hall–Kier alpha value is -1.51. The molecule has 0 aromatic heterocycles. The van der Waals surface area contributed by atoms with Gasteiger partial charge in [0.2, 0.25) is 0 Å². The summed E-state index contributed by atoms with van der Waals surface area (Å²) in [5.74, 6) is 0. The van der Waals surface area contributed by atoms with Gasteiger partial charge in [-0.15, -0.1) is 0 Å². The number of hydrogen-bond acceptors (Lipinski definition) is 2. The smallest absolute Gasteiger partial charge is 0.0646 e. The van der Waals surface area contributed by atoms with E-state index in [9.17, 15) is 0 Å². The van der Waals surface area contributed by atoms with Crippen LogP contribution in [-0.4, -0.2) is 13.1 Å². The van der Waals surface area contributed by atoms with E-state index in [4.69, 9.17) is 11.6 Å². The van der Waals surface area contributed by atoms with Gasteiger partial charge < -0.3 is 10.2 Å². The number of anilines is 2. The zero-order valence-electron chi connectivity index (χ0n) is 12.6. The predicted octanol–water partition coefficient (Wildman–Crippen LogP) is 4.67. The Morgan fingerprint density at radius 1 is 1.14 bits per heavy atom. The van der Waals surface area contributed by atoms with Crippen molar-refractivity contribution in [2.24, 2.45) is 0 Å². The van der Waals surface area contributed by atoms with Crippen molar-refractivity contribution < 1.29 is 0 Å². The van der Waals surface area contributed by atoms with Gasteiger partial charge in [-0.3, -0.25) is 0 Å². The van der Waals surface area contributed by atoms with Crippen molar-refractivity contribution in [1.29, 1.82) is 0 Å². The minimum atomic E-state index is 0.720. The van der Waals surface area contributed by atoms with Gasteiger partial charge in [0.15, 0.2) is 0 Å². The van der Waals surface area contributed by atoms with Crippen molar-refractivity contribution in [2.75, 3.05) is 11.9 Å². The average molecular weight is 301 g/mol. The van der Waals surface area contributed by atoms with Gasteiger partial charge in [-0.2, -0.15) is 0 Å². The topological polar surface area (TPSA) is 15.3 Å². The van der Waals surface area contributed by atoms with Crippen molar-refractivity contribution >= 4 is 23.0 Å². The highest BCUT2D eigenvalue weighted by Crippen LogP contribution is 2.33. The average Bonchev–Trinajstić information content (AvgIpc) is 3.29. The maximum Gasteiger partial charge on any atom is 0.0646 e. The molecule has 0 amide bonds. The van der Waals surface area contributed by atoms with Crippen molar-refractivity contribution in [3.8, 4) is 0 Å². The summed E-state index contributed by atoms with van der Waals surface area (Å²) in [5, 5.41) is 4.32. The Labute approximate surface area is 131 Å². The third-order valence-corrected chi connectivity index (χ3v) is 4.33. The van der Waals surface area contributed by atoms with Crippen LogP contribution in [0.2, 0.25) is 5.02 Å². The molecule has 21 heavy (non-hydrogen) atoms. The van der Waals surface area contributed by atoms with Crippen LogP contribution in [0.1, 0.15) is 24.0 Å². The van der Waals surface area contributed by atoms with Crippen molar-refractivity contribution in [3.05, 3.63) is 58.6 Å². The van der Waals surface area contributed by atoms with Gasteiger partial charge in [-0.05, 0) is 49.1 Å². The first-order valence-corrected chi connectivity index (χ1v) is 7.84. The number of nitrogens with one attached hydrogen (secondary N) is 1. The van der Waals surface area contributed by atoms with Crippen LogP contribution in [-0.2, 0) is 6.54 Å². The lowest BCUT2D eigenvalue weighted by atomic mass is 10.1. The monoisotopic (exact) mass is 300 g/mol. The molecule has 0 spiro atoms. The van der Waals surface area contributed by atoms with Crippen LogP contribution in [0.15, 0.2) is 42.5 Å². The van der Waals surface area contributed by atoms with Gasteiger partial charge in [0.05, 0.1) is 10.7 Å². The van der Waals surface area contributed by atoms with E-state index < -0.39 is 0 Å². The Balaban J connectivity index is 1.79. The summed E-state index contributed by atoms with van der Waals surface area (Å²) >= 11 is 6.49. The molecule has 1 N–H and O–H groups in total. The van der Waals surface area contributed by atoms with Gasteiger partial charge in [0.25, 0.3) is 0 Å². The van der Waals surface area contributed by atoms with Gasteiger partial charge in [0, 0.05) is 25.3 Å². The fourth-order valence-electron chi connectivity index (χ4n) is 2.55. The standard InChI is InChI=1S/C18H21ClN2/c1-13-5-3-4-6-17(13)21(2)18-10-7-14(11-16(18)19)12-20-15-8-9-15/h3-7,10-11,15,20H,8-9,12H2,1-2H3. The zero-order chi connectivity index (χ0) is 14.8. The highest BCUT2D eigenvalue weighted by molar-refractivity contribution is 6.33. The van der Waals surface area contributed by atoms with Gasteiger partial charge in [-0.1, -0.05) is 35.9 Å². The molecule has 1 saturated carbocycles. The molecular formula is C18H21ClN2. The number of halogens is 1. The number of aryl methyl sites for hydroxylation is 1. The molecule has 2 aromatic rings. The van der Waals surface area contributed by atoms with E-state index >= 15 is 0 Å². The number of rotatable bonds is 5.